The summed E-state index contributed by atoms with van der Waals surface area (Å²) in [6.07, 6.45) is 0. The third kappa shape index (κ3) is 2.86. The van der Waals surface area contributed by atoms with Crippen LogP contribution in [0.4, 0.5) is 17.1 Å². The number of aliphatic imine (C=N–C) groups is 1. The van der Waals surface area contributed by atoms with Crippen LogP contribution < -0.4 is 11.5 Å². The van der Waals surface area contributed by atoms with Gasteiger partial charge in [-0.25, -0.2) is 4.99 Å². The second kappa shape index (κ2) is 5.18. The van der Waals surface area contributed by atoms with Gasteiger partial charge < -0.3 is 11.5 Å². The third-order valence-corrected chi connectivity index (χ3v) is 2.53. The highest BCUT2D eigenvalue weighted by Gasteiger charge is 2.13. The van der Waals surface area contributed by atoms with Gasteiger partial charge in [-0.15, -0.1) is 0 Å². The molecule has 0 saturated heterocycles. The van der Waals surface area contributed by atoms with Gasteiger partial charge in [-0.1, -0.05) is 18.2 Å². The second-order valence-electron chi connectivity index (χ2n) is 3.86. The lowest BCUT2D eigenvalue weighted by Gasteiger charge is -2.03. The van der Waals surface area contributed by atoms with Gasteiger partial charge in [0.1, 0.15) is 11.5 Å². The smallest absolute Gasteiger partial charge is 0.292 e. The van der Waals surface area contributed by atoms with Crippen LogP contribution >= 0.6 is 0 Å². The van der Waals surface area contributed by atoms with Crippen molar-refractivity contribution >= 4 is 22.9 Å². The summed E-state index contributed by atoms with van der Waals surface area (Å²) in [6.45, 7) is 0. The molecule has 0 radical (unpaired) electrons. The van der Waals surface area contributed by atoms with Crippen molar-refractivity contribution in [1.29, 1.82) is 0 Å². The monoisotopic (exact) mass is 256 g/mol. The molecule has 0 fully saturated rings. The summed E-state index contributed by atoms with van der Waals surface area (Å²) in [6, 6.07) is 13.5. The van der Waals surface area contributed by atoms with Crippen molar-refractivity contribution in [2.24, 2.45) is 10.7 Å². The maximum atomic E-state index is 10.8. The van der Waals surface area contributed by atoms with Gasteiger partial charge in [-0.2, -0.15) is 0 Å². The lowest BCUT2D eigenvalue weighted by molar-refractivity contribution is -0.383. The minimum atomic E-state index is -0.547. The molecule has 0 aliphatic heterocycles. The van der Waals surface area contributed by atoms with Gasteiger partial charge in [0.15, 0.2) is 0 Å². The van der Waals surface area contributed by atoms with Crippen LogP contribution in [-0.4, -0.2) is 10.8 Å². The normalized spacial score (nSPS) is 11.3. The maximum absolute atomic E-state index is 10.8. The number of benzene rings is 2. The van der Waals surface area contributed by atoms with Gasteiger partial charge in [-0.3, -0.25) is 10.1 Å². The molecule has 2 aromatic carbocycles. The lowest BCUT2D eigenvalue weighted by atomic mass is 10.1. The zero-order valence-corrected chi connectivity index (χ0v) is 9.98. The Morgan fingerprint density at radius 1 is 1.16 bits per heavy atom. The van der Waals surface area contributed by atoms with Gasteiger partial charge in [0.2, 0.25) is 0 Å². The topological polar surface area (TPSA) is 108 Å². The number of nitrogens with two attached hydrogens (primary N) is 2. The van der Waals surface area contributed by atoms with Crippen molar-refractivity contribution < 1.29 is 4.92 Å². The van der Waals surface area contributed by atoms with E-state index in [1.807, 2.05) is 18.2 Å². The number of nitro groups is 1. The summed E-state index contributed by atoms with van der Waals surface area (Å²) in [4.78, 5) is 14.4. The van der Waals surface area contributed by atoms with E-state index < -0.39 is 4.92 Å². The van der Waals surface area contributed by atoms with Gasteiger partial charge in [0.25, 0.3) is 5.69 Å². The van der Waals surface area contributed by atoms with Crippen molar-refractivity contribution in [1.82, 2.24) is 0 Å². The largest absolute Gasteiger partial charge is 0.393 e. The molecule has 0 aliphatic rings. The zero-order chi connectivity index (χ0) is 13.8. The molecule has 6 nitrogen and oxygen atoms in total. The second-order valence-corrected chi connectivity index (χ2v) is 3.86. The standard InChI is InChI=1S/C13H12N4O2/c14-11-7-6-9(8-12(11)17(18)19)13(15)16-10-4-2-1-3-5-10/h1-8H,14H2,(H2,15,16). The fourth-order valence-electron chi connectivity index (χ4n) is 1.57. The quantitative estimate of drug-likeness (QED) is 0.288. The van der Waals surface area contributed by atoms with E-state index in [2.05, 4.69) is 4.99 Å². The van der Waals surface area contributed by atoms with Gasteiger partial charge in [-0.05, 0) is 24.3 Å². The van der Waals surface area contributed by atoms with Gasteiger partial charge >= 0.3 is 0 Å². The number of amidine groups is 1. The first-order valence-electron chi connectivity index (χ1n) is 5.51. The van der Waals surface area contributed by atoms with E-state index in [1.165, 1.54) is 12.1 Å². The lowest BCUT2D eigenvalue weighted by Crippen LogP contribution is -2.13. The fraction of sp³-hybridized carbons (Fsp3) is 0. The zero-order valence-electron chi connectivity index (χ0n) is 9.98. The van der Waals surface area contributed by atoms with E-state index in [0.29, 0.717) is 11.3 Å². The molecule has 0 amide bonds. The van der Waals surface area contributed by atoms with Crippen LogP contribution in [0.3, 0.4) is 0 Å². The Hall–Kier alpha value is -2.89. The van der Waals surface area contributed by atoms with E-state index >= 15 is 0 Å². The summed E-state index contributed by atoms with van der Waals surface area (Å²) < 4.78 is 0. The summed E-state index contributed by atoms with van der Waals surface area (Å²) in [5.74, 6) is 0.203. The number of anilines is 1. The molecule has 2 rings (SSSR count). The van der Waals surface area contributed by atoms with E-state index in [9.17, 15) is 10.1 Å². The van der Waals surface area contributed by atoms with E-state index in [-0.39, 0.29) is 17.2 Å². The summed E-state index contributed by atoms with van der Waals surface area (Å²) in [5.41, 5.74) is 12.4. The first-order chi connectivity index (χ1) is 9.08. The molecule has 2 aromatic rings. The van der Waals surface area contributed by atoms with E-state index in [0.717, 1.165) is 0 Å². The van der Waals surface area contributed by atoms with Crippen LogP contribution in [-0.2, 0) is 0 Å². The van der Waals surface area contributed by atoms with Crippen LogP contribution in [0.15, 0.2) is 53.5 Å². The average Bonchev–Trinajstić information content (AvgIpc) is 2.40. The third-order valence-electron chi connectivity index (χ3n) is 2.53. The Balaban J connectivity index is 2.39. The van der Waals surface area contributed by atoms with Crippen LogP contribution in [0.2, 0.25) is 0 Å². The van der Waals surface area contributed by atoms with Crippen LogP contribution in [0.1, 0.15) is 5.56 Å². The predicted octanol–water partition coefficient (Wildman–Crippen LogP) is 2.21. The Labute approximate surface area is 109 Å². The van der Waals surface area contributed by atoms with Crippen LogP contribution in [0.5, 0.6) is 0 Å². The molecule has 4 N–H and O–H groups in total. The fourth-order valence-corrected chi connectivity index (χ4v) is 1.57. The van der Waals surface area contributed by atoms with Crippen molar-refractivity contribution in [3.63, 3.8) is 0 Å². The summed E-state index contributed by atoms with van der Waals surface area (Å²) >= 11 is 0. The van der Waals surface area contributed by atoms with E-state index in [4.69, 9.17) is 11.5 Å². The molecule has 0 atom stereocenters. The molecule has 0 saturated carbocycles. The Morgan fingerprint density at radius 2 is 1.84 bits per heavy atom. The van der Waals surface area contributed by atoms with Crippen LogP contribution in [0.25, 0.3) is 0 Å². The van der Waals surface area contributed by atoms with E-state index in [1.54, 1.807) is 18.2 Å². The number of nitrogen functional groups attached to an aromatic ring is 1. The molecule has 0 bridgehead atoms. The molecule has 19 heavy (non-hydrogen) atoms. The number of nitro benzene ring substituents is 1. The molecular formula is C13H12N4O2. The Bertz CT molecular complexity index is 638. The van der Waals surface area contributed by atoms with Crippen molar-refractivity contribution in [2.75, 3.05) is 5.73 Å². The first-order valence-corrected chi connectivity index (χ1v) is 5.51. The minimum Gasteiger partial charge on any atom is -0.393 e. The number of hydrogen-bond donors (Lipinski definition) is 2. The van der Waals surface area contributed by atoms with Crippen molar-refractivity contribution in [2.45, 2.75) is 0 Å². The first kappa shape index (κ1) is 12.6. The predicted molar refractivity (Wildman–Crippen MR) is 74.3 cm³/mol. The average molecular weight is 256 g/mol. The molecule has 0 spiro atoms. The maximum Gasteiger partial charge on any atom is 0.292 e. The summed E-state index contributed by atoms with van der Waals surface area (Å²) in [7, 11) is 0. The summed E-state index contributed by atoms with van der Waals surface area (Å²) in [5, 5.41) is 10.8. The molecule has 96 valence electrons. The highest BCUT2D eigenvalue weighted by Crippen LogP contribution is 2.22. The van der Waals surface area contributed by atoms with Crippen LogP contribution in [0, 0.1) is 10.1 Å². The Kier molecular flexibility index (Phi) is 3.42. The SMILES string of the molecule is NC(=Nc1ccccc1)c1ccc(N)c([N+](=O)[O-])c1. The number of rotatable bonds is 3. The highest BCUT2D eigenvalue weighted by molar-refractivity contribution is 6.00. The van der Waals surface area contributed by atoms with Gasteiger partial charge in [0, 0.05) is 11.6 Å². The number of nitrogens with zero attached hydrogens (tertiary/aromatic N) is 2. The van der Waals surface area contributed by atoms with Crippen molar-refractivity contribution in [3.05, 3.63) is 64.2 Å². The number of hydrogen-bond acceptors (Lipinski definition) is 4. The molecular weight excluding hydrogens is 244 g/mol. The van der Waals surface area contributed by atoms with Crippen molar-refractivity contribution in [3.8, 4) is 0 Å². The molecule has 0 aliphatic carbocycles. The molecule has 0 heterocycles. The molecule has 0 aromatic heterocycles. The number of para-hydroxylation sites is 1. The molecule has 6 heteroatoms. The highest BCUT2D eigenvalue weighted by atomic mass is 16.6. The Morgan fingerprint density at radius 3 is 2.47 bits per heavy atom. The van der Waals surface area contributed by atoms with Gasteiger partial charge in [0.05, 0.1) is 10.6 Å². The molecule has 0 unspecified atom stereocenters. The minimum absolute atomic E-state index is 0.0984.